The lowest BCUT2D eigenvalue weighted by atomic mass is 9.70. The number of likely N-dealkylation sites (N-methyl/N-ethyl adjacent to an activating group) is 1. The van der Waals surface area contributed by atoms with Crippen molar-refractivity contribution in [2.24, 2.45) is 23.2 Å². The summed E-state index contributed by atoms with van der Waals surface area (Å²) >= 11 is 8.55. The van der Waals surface area contributed by atoms with E-state index in [-0.39, 0.29) is 51.6 Å². The predicted molar refractivity (Wildman–Crippen MR) is 169 cm³/mol. The molecule has 2 N–H and O–H groups in total. The van der Waals surface area contributed by atoms with Crippen molar-refractivity contribution in [2.75, 3.05) is 39.2 Å². The molecule has 3 aliphatic heterocycles. The Labute approximate surface area is 264 Å². The van der Waals surface area contributed by atoms with Gasteiger partial charge in [-0.1, -0.05) is 6.92 Å². The number of ether oxygens (including phenoxy) is 2. The van der Waals surface area contributed by atoms with Crippen molar-refractivity contribution in [2.45, 2.75) is 107 Å². The monoisotopic (exact) mass is 636 g/mol. The highest BCUT2D eigenvalue weighted by atomic mass is 35.5. The number of carboxylic acid groups (broad SMARTS) is 1. The van der Waals surface area contributed by atoms with Gasteiger partial charge < -0.3 is 24.8 Å². The van der Waals surface area contributed by atoms with Gasteiger partial charge in [0.15, 0.2) is 0 Å². The van der Waals surface area contributed by atoms with Crippen molar-refractivity contribution < 1.29 is 19.4 Å². The Morgan fingerprint density at radius 1 is 1.28 bits per heavy atom. The molecule has 3 saturated heterocycles. The number of hydrogen-bond acceptors (Lipinski definition) is 8. The number of aryl methyl sites for hydroxylation is 2. The number of carbonyl (C=O) groups is 1. The van der Waals surface area contributed by atoms with E-state index in [0.29, 0.717) is 30.9 Å². The molecule has 2 aliphatic carbocycles. The fourth-order valence-electron chi connectivity index (χ4n) is 8.63. The third kappa shape index (κ3) is 6.57. The van der Waals surface area contributed by atoms with Crippen LogP contribution in [0.3, 0.4) is 0 Å². The fourth-order valence-corrected chi connectivity index (χ4v) is 10.8. The van der Waals surface area contributed by atoms with Crippen molar-refractivity contribution in [1.82, 2.24) is 19.8 Å². The molecule has 4 heterocycles. The average molecular weight is 637 g/mol. The normalized spacial score (nSPS) is 37.0. The number of aromatic nitrogens is 2. The zero-order chi connectivity index (χ0) is 30.5. The highest BCUT2D eigenvalue weighted by Gasteiger charge is 2.51. The van der Waals surface area contributed by atoms with E-state index in [1.165, 1.54) is 0 Å². The van der Waals surface area contributed by atoms with E-state index < -0.39 is 5.97 Å². The van der Waals surface area contributed by atoms with Crippen LogP contribution in [0, 0.1) is 30.1 Å². The second-order valence-corrected chi connectivity index (χ2v) is 16.2. The number of nitrogens with one attached hydrogen (secondary N) is 1. The number of thioether (sulfide) groups is 1. The molecule has 9 unspecified atom stereocenters. The van der Waals surface area contributed by atoms with E-state index in [0.717, 1.165) is 81.8 Å². The smallest absolute Gasteiger partial charge is 0.308 e. The maximum atomic E-state index is 13.8. The Morgan fingerprint density at radius 2 is 2.07 bits per heavy atom. The third-order valence-corrected chi connectivity index (χ3v) is 12.9. The minimum absolute atomic E-state index is 0.0109. The van der Waals surface area contributed by atoms with Crippen LogP contribution in [-0.2, 0) is 33.7 Å². The number of aliphatic carboxylic acids is 1. The fraction of sp³-hybridized carbons (Fsp3) is 0.844. The molecule has 0 spiro atoms. The Hall–Kier alpha value is -1.17. The molecule has 0 aromatic carbocycles. The first-order chi connectivity index (χ1) is 20.5. The molecule has 11 heteroatoms. The van der Waals surface area contributed by atoms with E-state index in [1.54, 1.807) is 0 Å². The zero-order valence-electron chi connectivity index (χ0n) is 26.1. The molecule has 1 aromatic heterocycles. The van der Waals surface area contributed by atoms with Crippen LogP contribution < -0.4 is 10.9 Å². The molecule has 1 aromatic rings. The van der Waals surface area contributed by atoms with Gasteiger partial charge in [-0.25, -0.2) is 4.98 Å². The summed E-state index contributed by atoms with van der Waals surface area (Å²) in [5.74, 6) is 1.01. The van der Waals surface area contributed by atoms with Crippen LogP contribution in [0.2, 0.25) is 0 Å². The van der Waals surface area contributed by atoms with Gasteiger partial charge in [-0.2, -0.15) is 11.8 Å². The van der Waals surface area contributed by atoms with Gasteiger partial charge in [-0.3, -0.25) is 14.2 Å². The van der Waals surface area contributed by atoms with Crippen LogP contribution in [0.1, 0.15) is 63.0 Å². The first-order valence-electron chi connectivity index (χ1n) is 16.3. The first kappa shape index (κ1) is 31.8. The van der Waals surface area contributed by atoms with Crippen molar-refractivity contribution in [1.29, 1.82) is 0 Å². The first-order valence-corrected chi connectivity index (χ1v) is 17.7. The van der Waals surface area contributed by atoms with Crippen LogP contribution in [-0.4, -0.2) is 99.5 Å². The van der Waals surface area contributed by atoms with Gasteiger partial charge in [-0.15, -0.1) is 11.6 Å². The largest absolute Gasteiger partial charge is 0.481 e. The summed E-state index contributed by atoms with van der Waals surface area (Å²) in [5, 5.41) is 13.8. The van der Waals surface area contributed by atoms with Crippen LogP contribution in [0.25, 0.3) is 0 Å². The lowest BCUT2D eigenvalue weighted by Crippen LogP contribution is -2.57. The SMILES string of the molecule is Cc1nc2c(c(=O)n1CCOC1CCC(Cl)CC1C1CC(C)NC3C(C(=O)O)CSC13)CC(N(C)CC1(C)COC1)CC2. The summed E-state index contributed by atoms with van der Waals surface area (Å²) in [4.78, 5) is 33.1. The van der Waals surface area contributed by atoms with Gasteiger partial charge in [0.2, 0.25) is 0 Å². The number of carboxylic acids is 1. The summed E-state index contributed by atoms with van der Waals surface area (Å²) in [7, 11) is 2.18. The second-order valence-electron chi connectivity index (χ2n) is 14.4. The lowest BCUT2D eigenvalue weighted by Gasteiger charge is -2.47. The maximum absolute atomic E-state index is 13.8. The van der Waals surface area contributed by atoms with Crippen molar-refractivity contribution in [3.63, 3.8) is 0 Å². The standard InChI is InChI=1S/C32H49ClN4O5S/c1-18-11-23(29-28(34-18)25(14-43-29)31(39)40)22-12-20(33)5-8-27(22)42-10-9-37-19(2)35-26-7-6-21(13-24(26)30(37)38)36(4)15-32(3)16-41-17-32/h18,20-23,25,27-29,34H,5-17H2,1-4H3,(H,39,40). The zero-order valence-corrected chi connectivity index (χ0v) is 27.7. The number of nitrogens with zero attached hydrogens (tertiary/aromatic N) is 3. The molecular weight excluding hydrogens is 588 g/mol. The highest BCUT2D eigenvalue weighted by Crippen LogP contribution is 2.48. The Morgan fingerprint density at radius 3 is 2.79 bits per heavy atom. The van der Waals surface area contributed by atoms with Crippen LogP contribution in [0.5, 0.6) is 0 Å². The maximum Gasteiger partial charge on any atom is 0.308 e. The number of fused-ring (bicyclic) bond motifs is 2. The Kier molecular flexibility index (Phi) is 9.55. The van der Waals surface area contributed by atoms with Crippen LogP contribution in [0.15, 0.2) is 4.79 Å². The molecule has 6 rings (SSSR count). The van der Waals surface area contributed by atoms with E-state index in [2.05, 4.69) is 31.1 Å². The van der Waals surface area contributed by atoms with E-state index in [9.17, 15) is 14.7 Å². The van der Waals surface area contributed by atoms with Crippen molar-refractivity contribution in [3.8, 4) is 0 Å². The average Bonchev–Trinajstić information content (AvgIpc) is 3.38. The predicted octanol–water partition coefficient (Wildman–Crippen LogP) is 3.35. The van der Waals surface area contributed by atoms with Gasteiger partial charge in [0.1, 0.15) is 5.82 Å². The topological polar surface area (TPSA) is 106 Å². The summed E-state index contributed by atoms with van der Waals surface area (Å²) in [5.41, 5.74) is 2.12. The molecule has 9 nitrogen and oxygen atoms in total. The van der Waals surface area contributed by atoms with E-state index >= 15 is 0 Å². The van der Waals surface area contributed by atoms with Gasteiger partial charge in [0, 0.05) is 52.0 Å². The van der Waals surface area contributed by atoms with Gasteiger partial charge >= 0.3 is 5.97 Å². The summed E-state index contributed by atoms with van der Waals surface area (Å²) in [6.07, 6.45) is 6.37. The molecule has 9 atom stereocenters. The van der Waals surface area contributed by atoms with Crippen LogP contribution >= 0.6 is 23.4 Å². The van der Waals surface area contributed by atoms with Crippen LogP contribution in [0.4, 0.5) is 0 Å². The highest BCUT2D eigenvalue weighted by molar-refractivity contribution is 8.00. The van der Waals surface area contributed by atoms with Gasteiger partial charge in [0.25, 0.3) is 5.56 Å². The number of alkyl halides is 1. The van der Waals surface area contributed by atoms with E-state index in [1.807, 2.05) is 23.3 Å². The van der Waals surface area contributed by atoms with Gasteiger partial charge in [0.05, 0.1) is 44.1 Å². The van der Waals surface area contributed by atoms with Crippen molar-refractivity contribution >= 4 is 29.3 Å². The quantitative estimate of drug-likeness (QED) is 0.395. The molecule has 43 heavy (non-hydrogen) atoms. The second kappa shape index (κ2) is 12.9. The minimum atomic E-state index is -0.702. The molecular formula is C32H49ClN4O5S. The Balaban J connectivity index is 1.12. The molecule has 0 amide bonds. The number of hydrogen-bond donors (Lipinski definition) is 2. The number of rotatable bonds is 9. The lowest BCUT2D eigenvalue weighted by molar-refractivity contribution is -0.142. The summed E-state index contributed by atoms with van der Waals surface area (Å²) in [6, 6.07) is 0.589. The van der Waals surface area contributed by atoms with Gasteiger partial charge in [-0.05, 0) is 77.7 Å². The number of halogens is 1. The molecule has 5 aliphatic rings. The van der Waals surface area contributed by atoms with E-state index in [4.69, 9.17) is 26.1 Å². The summed E-state index contributed by atoms with van der Waals surface area (Å²) < 4.78 is 13.9. The Bertz CT molecular complexity index is 1240. The molecule has 4 fully saturated rings. The number of piperidine rings is 1. The molecule has 0 radical (unpaired) electrons. The molecule has 1 saturated carbocycles. The third-order valence-electron chi connectivity index (χ3n) is 10.9. The molecule has 240 valence electrons. The summed E-state index contributed by atoms with van der Waals surface area (Å²) in [6.45, 7) is 9.91. The minimum Gasteiger partial charge on any atom is -0.481 e. The molecule has 0 bridgehead atoms. The van der Waals surface area contributed by atoms with Crippen molar-refractivity contribution in [3.05, 3.63) is 27.4 Å².